The molecule has 0 aliphatic carbocycles. The molecular weight excluding hydrogens is 281 g/mol. The topological polar surface area (TPSA) is 46.9 Å². The highest BCUT2D eigenvalue weighted by Gasteiger charge is 2.21. The number of hydrogen-bond donors (Lipinski definition) is 1. The summed E-state index contributed by atoms with van der Waals surface area (Å²) in [5.41, 5.74) is 1.82. The molecule has 0 fully saturated rings. The SMILES string of the molecule is CNC(=O)C(C)n1c(CCCl)nc2cc(F)c(C)cc21. The summed E-state index contributed by atoms with van der Waals surface area (Å²) in [6.07, 6.45) is 0.526. The van der Waals surface area contributed by atoms with Crippen molar-refractivity contribution < 1.29 is 9.18 Å². The maximum absolute atomic E-state index is 13.6. The summed E-state index contributed by atoms with van der Waals surface area (Å²) in [4.78, 5) is 16.3. The lowest BCUT2D eigenvalue weighted by Gasteiger charge is -2.16. The van der Waals surface area contributed by atoms with Crippen molar-refractivity contribution in [3.63, 3.8) is 0 Å². The molecule has 108 valence electrons. The maximum Gasteiger partial charge on any atom is 0.242 e. The molecule has 1 unspecified atom stereocenters. The van der Waals surface area contributed by atoms with Crippen LogP contribution in [0.4, 0.5) is 4.39 Å². The van der Waals surface area contributed by atoms with Gasteiger partial charge in [-0.3, -0.25) is 4.79 Å². The number of carbonyl (C=O) groups excluding carboxylic acids is 1. The maximum atomic E-state index is 13.6. The molecule has 0 aliphatic heterocycles. The Morgan fingerprint density at radius 3 is 2.85 bits per heavy atom. The van der Waals surface area contributed by atoms with E-state index in [1.807, 2.05) is 4.57 Å². The zero-order valence-corrected chi connectivity index (χ0v) is 12.5. The molecule has 0 bridgehead atoms. The minimum Gasteiger partial charge on any atom is -0.357 e. The highest BCUT2D eigenvalue weighted by atomic mass is 35.5. The quantitative estimate of drug-likeness (QED) is 0.882. The average molecular weight is 298 g/mol. The highest BCUT2D eigenvalue weighted by molar-refractivity contribution is 6.17. The van der Waals surface area contributed by atoms with E-state index in [4.69, 9.17) is 11.6 Å². The molecule has 1 atom stereocenters. The third-order valence-electron chi connectivity index (χ3n) is 3.37. The van der Waals surface area contributed by atoms with Gasteiger partial charge in [0.2, 0.25) is 5.91 Å². The highest BCUT2D eigenvalue weighted by Crippen LogP contribution is 2.24. The third-order valence-corrected chi connectivity index (χ3v) is 3.56. The number of hydrogen-bond acceptors (Lipinski definition) is 2. The first-order chi connectivity index (χ1) is 9.49. The summed E-state index contributed by atoms with van der Waals surface area (Å²) in [7, 11) is 1.59. The smallest absolute Gasteiger partial charge is 0.242 e. The molecule has 2 rings (SSSR count). The van der Waals surface area contributed by atoms with Gasteiger partial charge in [0, 0.05) is 25.4 Å². The molecule has 20 heavy (non-hydrogen) atoms. The molecule has 6 heteroatoms. The monoisotopic (exact) mass is 297 g/mol. The summed E-state index contributed by atoms with van der Waals surface area (Å²) in [5.74, 6) is 0.663. The molecule has 1 heterocycles. The summed E-state index contributed by atoms with van der Waals surface area (Å²) in [5, 5.41) is 2.62. The molecule has 1 aromatic carbocycles. The van der Waals surface area contributed by atoms with Gasteiger partial charge in [-0.2, -0.15) is 0 Å². The first kappa shape index (κ1) is 14.8. The Morgan fingerprint density at radius 2 is 2.25 bits per heavy atom. The Kier molecular flexibility index (Phi) is 4.28. The number of amides is 1. The van der Waals surface area contributed by atoms with Crippen molar-refractivity contribution in [1.29, 1.82) is 0 Å². The lowest BCUT2D eigenvalue weighted by atomic mass is 10.2. The number of benzene rings is 1. The first-order valence-corrected chi connectivity index (χ1v) is 6.97. The molecule has 2 aromatic rings. The number of aryl methyl sites for hydroxylation is 2. The lowest BCUT2D eigenvalue weighted by Crippen LogP contribution is -2.28. The average Bonchev–Trinajstić information content (AvgIpc) is 2.75. The number of rotatable bonds is 4. The van der Waals surface area contributed by atoms with Gasteiger partial charge in [0.1, 0.15) is 17.7 Å². The second-order valence-electron chi connectivity index (χ2n) is 4.72. The Bertz CT molecular complexity index is 653. The summed E-state index contributed by atoms with van der Waals surface area (Å²) >= 11 is 5.79. The molecule has 1 N–H and O–H groups in total. The van der Waals surface area contributed by atoms with Crippen molar-refractivity contribution in [3.05, 3.63) is 29.3 Å². The van der Waals surface area contributed by atoms with Crippen LogP contribution < -0.4 is 5.32 Å². The fraction of sp³-hybridized carbons (Fsp3) is 0.429. The van der Waals surface area contributed by atoms with Crippen LogP contribution in [0.2, 0.25) is 0 Å². The Labute approximate surface area is 121 Å². The fourth-order valence-corrected chi connectivity index (χ4v) is 2.46. The number of alkyl halides is 1. The molecule has 1 aromatic heterocycles. The summed E-state index contributed by atoms with van der Waals surface area (Å²) in [6.45, 7) is 3.48. The van der Waals surface area contributed by atoms with Crippen molar-refractivity contribution in [2.24, 2.45) is 0 Å². The van der Waals surface area contributed by atoms with Crippen LogP contribution in [0, 0.1) is 12.7 Å². The van der Waals surface area contributed by atoms with E-state index >= 15 is 0 Å². The Hall–Kier alpha value is -1.62. The zero-order valence-electron chi connectivity index (χ0n) is 11.7. The van der Waals surface area contributed by atoms with Crippen molar-refractivity contribution in [3.8, 4) is 0 Å². The van der Waals surface area contributed by atoms with E-state index in [9.17, 15) is 9.18 Å². The number of nitrogens with zero attached hydrogens (tertiary/aromatic N) is 2. The number of likely N-dealkylation sites (N-methyl/N-ethyl adjacent to an activating group) is 1. The second-order valence-corrected chi connectivity index (χ2v) is 5.10. The van der Waals surface area contributed by atoms with E-state index in [1.54, 1.807) is 27.0 Å². The Balaban J connectivity index is 2.67. The molecule has 4 nitrogen and oxygen atoms in total. The lowest BCUT2D eigenvalue weighted by molar-refractivity contribution is -0.123. The number of carbonyl (C=O) groups is 1. The molecular formula is C14H17ClFN3O. The second kappa shape index (κ2) is 5.79. The normalized spacial score (nSPS) is 12.7. The molecule has 0 saturated carbocycles. The van der Waals surface area contributed by atoms with Gasteiger partial charge in [-0.05, 0) is 25.5 Å². The fourth-order valence-electron chi connectivity index (χ4n) is 2.29. The van der Waals surface area contributed by atoms with Crippen LogP contribution in [0.5, 0.6) is 0 Å². The number of aromatic nitrogens is 2. The standard InChI is InChI=1S/C14H17ClFN3O/c1-8-6-12-11(7-10(8)16)18-13(4-5-15)19(12)9(2)14(20)17-3/h6-7,9H,4-5H2,1-3H3,(H,17,20). The molecule has 1 amide bonds. The van der Waals surface area contributed by atoms with Crippen molar-refractivity contribution in [2.75, 3.05) is 12.9 Å². The van der Waals surface area contributed by atoms with E-state index in [0.717, 1.165) is 5.52 Å². The number of imidazole rings is 1. The van der Waals surface area contributed by atoms with Crippen LogP contribution in [0.25, 0.3) is 11.0 Å². The van der Waals surface area contributed by atoms with Crippen LogP contribution in [0.15, 0.2) is 12.1 Å². The van der Waals surface area contributed by atoms with Crippen molar-refractivity contribution >= 4 is 28.5 Å². The minimum atomic E-state index is -0.423. The van der Waals surface area contributed by atoms with Crippen molar-refractivity contribution in [1.82, 2.24) is 14.9 Å². The predicted molar refractivity (Wildman–Crippen MR) is 77.6 cm³/mol. The van der Waals surface area contributed by atoms with Gasteiger partial charge in [0.05, 0.1) is 11.0 Å². The van der Waals surface area contributed by atoms with Gasteiger partial charge in [0.25, 0.3) is 0 Å². The van der Waals surface area contributed by atoms with E-state index < -0.39 is 6.04 Å². The molecule has 0 saturated heterocycles. The summed E-state index contributed by atoms with van der Waals surface area (Å²) < 4.78 is 15.5. The molecule has 0 aliphatic rings. The van der Waals surface area contributed by atoms with Gasteiger partial charge in [0.15, 0.2) is 0 Å². The number of halogens is 2. The van der Waals surface area contributed by atoms with Gasteiger partial charge in [-0.25, -0.2) is 9.37 Å². The van der Waals surface area contributed by atoms with Crippen molar-refractivity contribution in [2.45, 2.75) is 26.3 Å². The van der Waals surface area contributed by atoms with Crippen LogP contribution in [-0.4, -0.2) is 28.4 Å². The number of nitrogens with one attached hydrogen (secondary N) is 1. The Morgan fingerprint density at radius 1 is 1.55 bits per heavy atom. The third kappa shape index (κ3) is 2.50. The molecule has 0 radical (unpaired) electrons. The first-order valence-electron chi connectivity index (χ1n) is 6.44. The predicted octanol–water partition coefficient (Wildman–Crippen LogP) is 2.57. The molecule has 0 spiro atoms. The van der Waals surface area contributed by atoms with E-state index in [-0.39, 0.29) is 11.7 Å². The summed E-state index contributed by atoms with van der Waals surface area (Å²) in [6, 6.07) is 2.69. The van der Waals surface area contributed by atoms with E-state index in [2.05, 4.69) is 10.3 Å². The van der Waals surface area contributed by atoms with Crippen LogP contribution >= 0.6 is 11.6 Å². The van der Waals surface area contributed by atoms with Crippen LogP contribution in [-0.2, 0) is 11.2 Å². The van der Waals surface area contributed by atoms with Gasteiger partial charge in [-0.1, -0.05) is 0 Å². The largest absolute Gasteiger partial charge is 0.357 e. The van der Waals surface area contributed by atoms with Crippen LogP contribution in [0.3, 0.4) is 0 Å². The van der Waals surface area contributed by atoms with E-state index in [1.165, 1.54) is 6.07 Å². The van der Waals surface area contributed by atoms with Crippen LogP contribution in [0.1, 0.15) is 24.4 Å². The van der Waals surface area contributed by atoms with Gasteiger partial charge >= 0.3 is 0 Å². The number of fused-ring (bicyclic) bond motifs is 1. The zero-order chi connectivity index (χ0) is 14.9. The van der Waals surface area contributed by atoms with Gasteiger partial charge < -0.3 is 9.88 Å². The van der Waals surface area contributed by atoms with Gasteiger partial charge in [-0.15, -0.1) is 11.6 Å². The van der Waals surface area contributed by atoms with E-state index in [0.29, 0.717) is 29.2 Å². The minimum absolute atomic E-state index is 0.123.